The van der Waals surface area contributed by atoms with Crippen LogP contribution in [0, 0.1) is 0 Å². The van der Waals surface area contributed by atoms with Crippen molar-refractivity contribution in [2.75, 3.05) is 0 Å². The molecule has 0 aromatic heterocycles. The number of hydrogen-bond donors (Lipinski definition) is 0. The van der Waals surface area contributed by atoms with Crippen LogP contribution in [0.15, 0.2) is 0 Å². The van der Waals surface area contributed by atoms with E-state index in [1.807, 2.05) is 0 Å². The topological polar surface area (TPSA) is 18.5 Å². The Morgan fingerprint density at radius 2 is 0.944 bits per heavy atom. The summed E-state index contributed by atoms with van der Waals surface area (Å²) in [6.45, 7) is 18.6. The fourth-order valence-electron chi connectivity index (χ4n) is 2.50. The van der Waals surface area contributed by atoms with Gasteiger partial charge in [-0.05, 0) is 64.5 Å². The SMILES string of the molecule is C[SiH](C)O[Si](C)(C)CCCC[Si](C)(C)O[SiH](C)C. The summed E-state index contributed by atoms with van der Waals surface area (Å²) in [5.74, 6) is 0. The normalized spacial score (nSPS) is 13.7. The lowest BCUT2D eigenvalue weighted by molar-refractivity contribution is 0.552. The zero-order valence-corrected chi connectivity index (χ0v) is 18.1. The largest absolute Gasteiger partial charge is 0.458 e. The lowest BCUT2D eigenvalue weighted by Crippen LogP contribution is -2.36. The lowest BCUT2D eigenvalue weighted by Gasteiger charge is -2.28. The molecular weight excluding hydrogens is 288 g/mol. The van der Waals surface area contributed by atoms with Crippen molar-refractivity contribution in [2.24, 2.45) is 0 Å². The molecule has 0 saturated carbocycles. The summed E-state index contributed by atoms with van der Waals surface area (Å²) in [6.07, 6.45) is 2.67. The number of unbranched alkanes of at least 4 members (excludes halogenated alkanes) is 1. The zero-order chi connectivity index (χ0) is 14.4. The van der Waals surface area contributed by atoms with Crippen molar-refractivity contribution in [2.45, 2.75) is 77.3 Å². The standard InChI is InChI=1S/C12H34O2Si4/c1-15(2)13-17(5,6)11-9-10-12-18(7,8)14-16(3)4/h15-16H,9-12H2,1-8H3. The van der Waals surface area contributed by atoms with Gasteiger partial charge in [-0.15, -0.1) is 0 Å². The molecule has 0 atom stereocenters. The van der Waals surface area contributed by atoms with Crippen LogP contribution in [0.1, 0.15) is 12.8 Å². The fourth-order valence-corrected chi connectivity index (χ4v) is 15.9. The summed E-state index contributed by atoms with van der Waals surface area (Å²) in [6, 6.07) is 2.64. The number of hydrogen-bond acceptors (Lipinski definition) is 2. The van der Waals surface area contributed by atoms with Gasteiger partial charge in [0.25, 0.3) is 0 Å². The monoisotopic (exact) mass is 322 g/mol. The van der Waals surface area contributed by atoms with Crippen LogP contribution in [0.5, 0.6) is 0 Å². The highest BCUT2D eigenvalue weighted by Gasteiger charge is 2.25. The van der Waals surface area contributed by atoms with Gasteiger partial charge < -0.3 is 8.23 Å². The minimum atomic E-state index is -1.35. The van der Waals surface area contributed by atoms with Gasteiger partial charge in [0, 0.05) is 0 Å². The van der Waals surface area contributed by atoms with E-state index in [9.17, 15) is 0 Å². The molecule has 110 valence electrons. The van der Waals surface area contributed by atoms with E-state index in [0.717, 1.165) is 0 Å². The Balaban J connectivity index is 3.85. The van der Waals surface area contributed by atoms with Gasteiger partial charge in [0.2, 0.25) is 0 Å². The first-order valence-electron chi connectivity index (χ1n) is 7.40. The van der Waals surface area contributed by atoms with Crippen LogP contribution in [0.2, 0.25) is 64.5 Å². The summed E-state index contributed by atoms with van der Waals surface area (Å²) in [5, 5.41) is 0. The molecule has 0 aliphatic carbocycles. The number of rotatable bonds is 9. The molecule has 2 nitrogen and oxygen atoms in total. The zero-order valence-electron chi connectivity index (χ0n) is 13.8. The highest BCUT2D eigenvalue weighted by Crippen LogP contribution is 2.21. The van der Waals surface area contributed by atoms with Crippen molar-refractivity contribution in [3.63, 3.8) is 0 Å². The van der Waals surface area contributed by atoms with Gasteiger partial charge in [-0.25, -0.2) is 0 Å². The average molecular weight is 323 g/mol. The van der Waals surface area contributed by atoms with Gasteiger partial charge in [0.15, 0.2) is 34.7 Å². The first-order valence-corrected chi connectivity index (χ1v) is 19.2. The summed E-state index contributed by atoms with van der Waals surface area (Å²) in [4.78, 5) is 0. The van der Waals surface area contributed by atoms with Crippen LogP contribution in [-0.2, 0) is 8.23 Å². The van der Waals surface area contributed by atoms with E-state index < -0.39 is 34.7 Å². The van der Waals surface area contributed by atoms with Gasteiger partial charge in [-0.3, -0.25) is 0 Å². The predicted octanol–water partition coefficient (Wildman–Crippen LogP) is 4.18. The minimum Gasteiger partial charge on any atom is -0.458 e. The van der Waals surface area contributed by atoms with Crippen LogP contribution < -0.4 is 0 Å². The van der Waals surface area contributed by atoms with E-state index in [-0.39, 0.29) is 0 Å². The molecule has 0 N–H and O–H groups in total. The summed E-state index contributed by atoms with van der Waals surface area (Å²) >= 11 is 0. The molecular formula is C12H34O2Si4. The predicted molar refractivity (Wildman–Crippen MR) is 93.7 cm³/mol. The quantitative estimate of drug-likeness (QED) is 0.468. The van der Waals surface area contributed by atoms with Gasteiger partial charge in [0.1, 0.15) is 0 Å². The van der Waals surface area contributed by atoms with Crippen molar-refractivity contribution in [3.05, 3.63) is 0 Å². The van der Waals surface area contributed by atoms with Gasteiger partial charge in [0.05, 0.1) is 0 Å². The lowest BCUT2D eigenvalue weighted by atomic mass is 10.4. The first-order chi connectivity index (χ1) is 8.04. The second kappa shape index (κ2) is 8.16. The maximum absolute atomic E-state index is 6.20. The molecule has 0 amide bonds. The van der Waals surface area contributed by atoms with Crippen molar-refractivity contribution < 1.29 is 8.23 Å². The van der Waals surface area contributed by atoms with Gasteiger partial charge in [-0.1, -0.05) is 12.8 Å². The van der Waals surface area contributed by atoms with E-state index in [1.54, 1.807) is 0 Å². The first kappa shape index (κ1) is 18.8. The Kier molecular flexibility index (Phi) is 8.52. The molecule has 0 rings (SSSR count). The fraction of sp³-hybridized carbons (Fsp3) is 1.00. The van der Waals surface area contributed by atoms with Crippen LogP contribution in [-0.4, -0.2) is 34.7 Å². The molecule has 0 saturated heterocycles. The Morgan fingerprint density at radius 1 is 0.667 bits per heavy atom. The molecule has 0 bridgehead atoms. The highest BCUT2D eigenvalue weighted by atomic mass is 28.4. The molecule has 0 heterocycles. The highest BCUT2D eigenvalue weighted by molar-refractivity contribution is 6.78. The van der Waals surface area contributed by atoms with Gasteiger partial charge >= 0.3 is 0 Å². The summed E-state index contributed by atoms with van der Waals surface area (Å²) in [5.41, 5.74) is 0. The second-order valence-electron chi connectivity index (χ2n) is 7.06. The van der Waals surface area contributed by atoms with Crippen LogP contribution >= 0.6 is 0 Å². The molecule has 0 aliphatic rings. The van der Waals surface area contributed by atoms with E-state index in [1.165, 1.54) is 24.9 Å². The maximum Gasteiger partial charge on any atom is 0.173 e. The third kappa shape index (κ3) is 10.7. The molecule has 0 radical (unpaired) electrons. The molecule has 0 aliphatic heterocycles. The van der Waals surface area contributed by atoms with E-state index in [2.05, 4.69) is 52.4 Å². The van der Waals surface area contributed by atoms with E-state index in [4.69, 9.17) is 8.23 Å². The van der Waals surface area contributed by atoms with Crippen molar-refractivity contribution in [3.8, 4) is 0 Å². The molecule has 18 heavy (non-hydrogen) atoms. The third-order valence-electron chi connectivity index (χ3n) is 2.92. The van der Waals surface area contributed by atoms with Crippen LogP contribution in [0.4, 0.5) is 0 Å². The molecule has 0 fully saturated rings. The molecule has 0 aromatic carbocycles. The van der Waals surface area contributed by atoms with Crippen molar-refractivity contribution in [1.82, 2.24) is 0 Å². The molecule has 0 aromatic rings. The smallest absolute Gasteiger partial charge is 0.173 e. The van der Waals surface area contributed by atoms with Crippen molar-refractivity contribution in [1.29, 1.82) is 0 Å². The Hall–Kier alpha value is 0.788. The average Bonchev–Trinajstić information content (AvgIpc) is 2.08. The maximum atomic E-state index is 6.20. The summed E-state index contributed by atoms with van der Waals surface area (Å²) < 4.78 is 12.4. The summed E-state index contributed by atoms with van der Waals surface area (Å²) in [7, 11) is -4.40. The Labute approximate surface area is 120 Å². The van der Waals surface area contributed by atoms with Crippen LogP contribution in [0.25, 0.3) is 0 Å². The Bertz CT molecular complexity index is 206. The van der Waals surface area contributed by atoms with E-state index in [0.29, 0.717) is 0 Å². The molecule has 0 spiro atoms. The molecule has 6 heteroatoms. The second-order valence-corrected chi connectivity index (χ2v) is 21.2. The minimum absolute atomic E-state index is 0.849. The van der Waals surface area contributed by atoms with E-state index >= 15 is 0 Å². The molecule has 0 unspecified atom stereocenters. The third-order valence-corrected chi connectivity index (χ3v) is 14.9. The van der Waals surface area contributed by atoms with Gasteiger partial charge in [-0.2, -0.15) is 0 Å². The van der Waals surface area contributed by atoms with Crippen molar-refractivity contribution >= 4 is 34.7 Å². The van der Waals surface area contributed by atoms with Crippen LogP contribution in [0.3, 0.4) is 0 Å². The Morgan fingerprint density at radius 3 is 1.17 bits per heavy atom.